The van der Waals surface area contributed by atoms with Gasteiger partial charge in [0.1, 0.15) is 16.8 Å². The van der Waals surface area contributed by atoms with Crippen LogP contribution < -0.4 is 11.1 Å². The molecule has 1 heterocycles. The Bertz CT molecular complexity index is 618. The molecule has 0 spiro atoms. The van der Waals surface area contributed by atoms with Crippen LogP contribution in [0, 0.1) is 5.82 Å². The van der Waals surface area contributed by atoms with E-state index in [-0.39, 0.29) is 18.8 Å². The lowest BCUT2D eigenvalue weighted by molar-refractivity contribution is -0.126. The third kappa shape index (κ3) is 2.41. The van der Waals surface area contributed by atoms with Gasteiger partial charge in [-0.2, -0.15) is 4.31 Å². The predicted octanol–water partition coefficient (Wildman–Crippen LogP) is -0.0831. The molecule has 1 fully saturated rings. The van der Waals surface area contributed by atoms with Crippen LogP contribution in [0.5, 0.6) is 0 Å². The van der Waals surface area contributed by atoms with Crippen molar-refractivity contribution < 1.29 is 17.6 Å². The third-order valence-corrected chi connectivity index (χ3v) is 4.99. The molecule has 3 N–H and O–H groups in total. The molecule has 19 heavy (non-hydrogen) atoms. The van der Waals surface area contributed by atoms with Gasteiger partial charge in [0, 0.05) is 18.8 Å². The minimum Gasteiger partial charge on any atom is -0.399 e. The van der Waals surface area contributed by atoms with Crippen LogP contribution in [-0.2, 0) is 14.8 Å². The molecule has 0 saturated carbocycles. The Kier molecular flexibility index (Phi) is 3.46. The Labute approximate surface area is 110 Å². The van der Waals surface area contributed by atoms with Gasteiger partial charge in [-0.15, -0.1) is 0 Å². The summed E-state index contributed by atoms with van der Waals surface area (Å²) >= 11 is 0. The highest BCUT2D eigenvalue weighted by atomic mass is 32.2. The summed E-state index contributed by atoms with van der Waals surface area (Å²) in [6, 6.07) is 2.50. The fraction of sp³-hybridized carbons (Fsp3) is 0.364. The fourth-order valence-corrected chi connectivity index (χ4v) is 3.58. The highest BCUT2D eigenvalue weighted by molar-refractivity contribution is 7.89. The van der Waals surface area contributed by atoms with Gasteiger partial charge in [0.2, 0.25) is 15.9 Å². The van der Waals surface area contributed by atoms with Gasteiger partial charge in [0.25, 0.3) is 0 Å². The molecule has 6 nitrogen and oxygen atoms in total. The number of carbonyl (C=O) groups excluding carboxylic acids is 1. The third-order valence-electron chi connectivity index (χ3n) is 2.99. The van der Waals surface area contributed by atoms with Crippen molar-refractivity contribution in [3.8, 4) is 0 Å². The van der Waals surface area contributed by atoms with E-state index >= 15 is 0 Å². The van der Waals surface area contributed by atoms with Gasteiger partial charge in [-0.1, -0.05) is 0 Å². The van der Waals surface area contributed by atoms with Gasteiger partial charge < -0.3 is 11.1 Å². The second-order valence-corrected chi connectivity index (χ2v) is 6.13. The molecule has 1 saturated heterocycles. The number of amides is 1. The summed E-state index contributed by atoms with van der Waals surface area (Å²) in [6.07, 6.45) is 0. The SMILES string of the molecule is CC1C(=O)NCCN1S(=O)(=O)c1ccc(N)cc1F. The number of piperazine rings is 1. The van der Waals surface area contributed by atoms with E-state index < -0.39 is 32.7 Å². The Hall–Kier alpha value is -1.67. The normalized spacial score (nSPS) is 21.2. The number of sulfonamides is 1. The monoisotopic (exact) mass is 287 g/mol. The smallest absolute Gasteiger partial charge is 0.246 e. The highest BCUT2D eigenvalue weighted by Gasteiger charge is 2.36. The number of nitrogens with two attached hydrogens (primary N) is 1. The van der Waals surface area contributed by atoms with E-state index in [4.69, 9.17) is 5.73 Å². The molecule has 1 aromatic rings. The summed E-state index contributed by atoms with van der Waals surface area (Å²) in [4.78, 5) is 11.0. The first-order valence-corrected chi connectivity index (χ1v) is 7.12. The topological polar surface area (TPSA) is 92.5 Å². The molecule has 1 amide bonds. The maximum absolute atomic E-state index is 13.7. The maximum atomic E-state index is 13.7. The van der Waals surface area contributed by atoms with Crippen LogP contribution in [0.15, 0.2) is 23.1 Å². The molecule has 0 radical (unpaired) electrons. The lowest BCUT2D eigenvalue weighted by atomic mass is 10.2. The van der Waals surface area contributed by atoms with Gasteiger partial charge in [-0.05, 0) is 25.1 Å². The molecule has 1 atom stereocenters. The molecule has 1 aliphatic heterocycles. The number of nitrogens with one attached hydrogen (secondary N) is 1. The van der Waals surface area contributed by atoms with E-state index in [2.05, 4.69) is 5.32 Å². The number of benzene rings is 1. The van der Waals surface area contributed by atoms with Crippen LogP contribution in [0.25, 0.3) is 0 Å². The van der Waals surface area contributed by atoms with E-state index in [1.54, 1.807) is 0 Å². The summed E-state index contributed by atoms with van der Waals surface area (Å²) < 4.78 is 39.4. The summed E-state index contributed by atoms with van der Waals surface area (Å²) in [5, 5.41) is 2.55. The number of anilines is 1. The van der Waals surface area contributed by atoms with Crippen molar-refractivity contribution in [3.05, 3.63) is 24.0 Å². The summed E-state index contributed by atoms with van der Waals surface area (Å²) in [7, 11) is -4.05. The van der Waals surface area contributed by atoms with Crippen molar-refractivity contribution in [2.24, 2.45) is 0 Å². The Morgan fingerprint density at radius 3 is 2.79 bits per heavy atom. The average molecular weight is 287 g/mol. The van der Waals surface area contributed by atoms with Gasteiger partial charge in [-0.3, -0.25) is 4.79 Å². The molecule has 104 valence electrons. The van der Waals surface area contributed by atoms with E-state index in [0.29, 0.717) is 0 Å². The first-order valence-electron chi connectivity index (χ1n) is 5.68. The molecule has 1 aromatic carbocycles. The molecule has 1 unspecified atom stereocenters. The minimum atomic E-state index is -4.05. The fourth-order valence-electron chi connectivity index (χ4n) is 1.94. The van der Waals surface area contributed by atoms with Crippen molar-refractivity contribution in [3.63, 3.8) is 0 Å². The van der Waals surface area contributed by atoms with Gasteiger partial charge in [-0.25, -0.2) is 12.8 Å². The van der Waals surface area contributed by atoms with Crippen molar-refractivity contribution in [2.75, 3.05) is 18.8 Å². The van der Waals surface area contributed by atoms with Crippen LogP contribution in [0.4, 0.5) is 10.1 Å². The first kappa shape index (κ1) is 13.8. The number of hydrogen-bond acceptors (Lipinski definition) is 4. The standard InChI is InChI=1S/C11H14FN3O3S/c1-7-11(16)14-4-5-15(7)19(17,18)10-3-2-8(13)6-9(10)12/h2-3,6-7H,4-5,13H2,1H3,(H,14,16). The van der Waals surface area contributed by atoms with E-state index in [0.717, 1.165) is 16.4 Å². The zero-order valence-corrected chi connectivity index (χ0v) is 11.1. The van der Waals surface area contributed by atoms with Crippen LogP contribution in [0.3, 0.4) is 0 Å². The summed E-state index contributed by atoms with van der Waals surface area (Å²) in [5.74, 6) is -1.32. The Morgan fingerprint density at radius 2 is 2.16 bits per heavy atom. The molecule has 1 aliphatic rings. The number of carbonyl (C=O) groups is 1. The molecule has 2 rings (SSSR count). The number of nitrogen functional groups attached to an aromatic ring is 1. The van der Waals surface area contributed by atoms with Crippen LogP contribution in [0.2, 0.25) is 0 Å². The zero-order valence-electron chi connectivity index (χ0n) is 10.3. The first-order chi connectivity index (χ1) is 8.84. The lowest BCUT2D eigenvalue weighted by Gasteiger charge is -2.31. The number of halogens is 1. The van der Waals surface area contributed by atoms with Gasteiger partial charge in [0.15, 0.2) is 0 Å². The molecule has 8 heteroatoms. The molecular weight excluding hydrogens is 273 g/mol. The largest absolute Gasteiger partial charge is 0.399 e. The zero-order chi connectivity index (χ0) is 14.2. The predicted molar refractivity (Wildman–Crippen MR) is 67.2 cm³/mol. The molecular formula is C11H14FN3O3S. The molecule has 0 aromatic heterocycles. The Balaban J connectivity index is 2.44. The van der Waals surface area contributed by atoms with Crippen molar-refractivity contribution in [2.45, 2.75) is 17.9 Å². The highest BCUT2D eigenvalue weighted by Crippen LogP contribution is 2.23. The summed E-state index contributed by atoms with van der Waals surface area (Å²) in [6.45, 7) is 1.78. The van der Waals surface area contributed by atoms with Crippen molar-refractivity contribution >= 4 is 21.6 Å². The van der Waals surface area contributed by atoms with E-state index in [1.807, 2.05) is 0 Å². The quantitative estimate of drug-likeness (QED) is 0.744. The van der Waals surface area contributed by atoms with Crippen molar-refractivity contribution in [1.29, 1.82) is 0 Å². The number of hydrogen-bond donors (Lipinski definition) is 2. The summed E-state index contributed by atoms with van der Waals surface area (Å²) in [5.41, 5.74) is 5.53. The molecule has 0 bridgehead atoms. The second kappa shape index (κ2) is 4.78. The van der Waals surface area contributed by atoms with Gasteiger partial charge in [0.05, 0.1) is 0 Å². The maximum Gasteiger partial charge on any atom is 0.246 e. The van der Waals surface area contributed by atoms with Crippen LogP contribution in [0.1, 0.15) is 6.92 Å². The number of rotatable bonds is 2. The van der Waals surface area contributed by atoms with E-state index in [9.17, 15) is 17.6 Å². The average Bonchev–Trinajstić information content (AvgIpc) is 2.31. The number of nitrogens with zero attached hydrogens (tertiary/aromatic N) is 1. The molecule has 0 aliphatic carbocycles. The van der Waals surface area contributed by atoms with Gasteiger partial charge >= 0.3 is 0 Å². The van der Waals surface area contributed by atoms with Crippen molar-refractivity contribution in [1.82, 2.24) is 9.62 Å². The van der Waals surface area contributed by atoms with Crippen LogP contribution in [-0.4, -0.2) is 37.8 Å². The lowest BCUT2D eigenvalue weighted by Crippen LogP contribution is -2.55. The second-order valence-electron chi connectivity index (χ2n) is 4.27. The van der Waals surface area contributed by atoms with E-state index in [1.165, 1.54) is 13.0 Å². The minimum absolute atomic E-state index is 0.110. The van der Waals surface area contributed by atoms with Crippen LogP contribution >= 0.6 is 0 Å². The Morgan fingerprint density at radius 1 is 1.47 bits per heavy atom.